The van der Waals surface area contributed by atoms with Crippen LogP contribution in [0.1, 0.15) is 134 Å². The van der Waals surface area contributed by atoms with Crippen LogP contribution in [0.4, 0.5) is 28.4 Å². The van der Waals surface area contributed by atoms with Crippen molar-refractivity contribution in [3.05, 3.63) is 185 Å². The van der Waals surface area contributed by atoms with Crippen LogP contribution in [0.2, 0.25) is 0 Å². The molecule has 13 rings (SSSR count). The fourth-order valence-electron chi connectivity index (χ4n) is 14.1. The van der Waals surface area contributed by atoms with Gasteiger partial charge >= 0.3 is 6.85 Å². The van der Waals surface area contributed by atoms with E-state index in [4.69, 9.17) is 0 Å². The SMILES string of the molecule is Cc1cc2c(cc1N1c3cc(-c4ccccc4)ccc3B3c4c1cc1ccccc1c4-c1ccc4c(c1N3c1ccc3c(c1)C(C)(C)CCC3(C)C)C(C)(C)c1ccccc1-4)C(C)(C)CCC2(C)C. The molecule has 0 N–H and O–H groups in total. The fourth-order valence-corrected chi connectivity index (χ4v) is 14.1. The van der Waals surface area contributed by atoms with Gasteiger partial charge in [0.15, 0.2) is 0 Å². The van der Waals surface area contributed by atoms with Gasteiger partial charge in [-0.15, -0.1) is 0 Å². The molecule has 8 aromatic carbocycles. The number of nitrogens with zero attached hydrogens (tertiary/aromatic N) is 2. The van der Waals surface area contributed by atoms with Crippen molar-refractivity contribution in [2.45, 2.75) is 129 Å². The predicted octanol–water partition coefficient (Wildman–Crippen LogP) is 16.5. The molecule has 0 amide bonds. The first-order valence-electron chi connectivity index (χ1n) is 25.8. The zero-order valence-electron chi connectivity index (χ0n) is 42.7. The zero-order chi connectivity index (χ0) is 47.7. The van der Waals surface area contributed by atoms with Crippen molar-refractivity contribution in [2.24, 2.45) is 0 Å². The van der Waals surface area contributed by atoms with Gasteiger partial charge in [0.25, 0.3) is 0 Å². The van der Waals surface area contributed by atoms with E-state index >= 15 is 0 Å². The van der Waals surface area contributed by atoms with Crippen LogP contribution in [0.25, 0.3) is 44.2 Å². The molecule has 0 radical (unpaired) electrons. The molecule has 0 unspecified atom stereocenters. The molecule has 2 nitrogen and oxygen atoms in total. The van der Waals surface area contributed by atoms with E-state index in [0.717, 1.165) is 0 Å². The van der Waals surface area contributed by atoms with E-state index in [1.807, 2.05) is 0 Å². The highest BCUT2D eigenvalue weighted by molar-refractivity contribution is 6.94. The van der Waals surface area contributed by atoms with Gasteiger partial charge in [-0.05, 0) is 173 Å². The first-order valence-corrected chi connectivity index (χ1v) is 25.8. The van der Waals surface area contributed by atoms with Crippen molar-refractivity contribution in [1.82, 2.24) is 0 Å². The van der Waals surface area contributed by atoms with Gasteiger partial charge in [-0.2, -0.15) is 0 Å². The zero-order valence-corrected chi connectivity index (χ0v) is 42.7. The molecule has 0 spiro atoms. The Morgan fingerprint density at radius 2 is 1.07 bits per heavy atom. The van der Waals surface area contributed by atoms with Crippen LogP contribution in [-0.2, 0) is 27.1 Å². The summed E-state index contributed by atoms with van der Waals surface area (Å²) >= 11 is 0. The molecule has 69 heavy (non-hydrogen) atoms. The number of fused-ring (bicyclic) bond motifs is 12. The number of benzene rings is 8. The van der Waals surface area contributed by atoms with E-state index in [-0.39, 0.29) is 33.9 Å². The average Bonchev–Trinajstić information content (AvgIpc) is 3.57. The lowest BCUT2D eigenvalue weighted by Gasteiger charge is -2.49. The number of rotatable bonds is 3. The number of hydrogen-bond acceptors (Lipinski definition) is 2. The van der Waals surface area contributed by atoms with E-state index in [9.17, 15) is 0 Å². The lowest BCUT2D eigenvalue weighted by molar-refractivity contribution is 0.332. The number of aryl methyl sites for hydroxylation is 1. The molecule has 0 aromatic heterocycles. The van der Waals surface area contributed by atoms with Crippen LogP contribution in [0.3, 0.4) is 0 Å². The minimum absolute atomic E-state index is 0.0467. The molecule has 0 bridgehead atoms. The summed E-state index contributed by atoms with van der Waals surface area (Å²) in [6.07, 6.45) is 4.72. The Hall–Kier alpha value is -6.32. The highest BCUT2D eigenvalue weighted by Gasteiger charge is 2.51. The summed E-state index contributed by atoms with van der Waals surface area (Å²) in [4.78, 5) is 5.54. The lowest BCUT2D eigenvalue weighted by atomic mass is 9.42. The average molecular weight is 897 g/mol. The summed E-state index contributed by atoms with van der Waals surface area (Å²) in [6, 6.07) is 57.2. The molecule has 0 saturated carbocycles. The Morgan fingerprint density at radius 3 is 1.81 bits per heavy atom. The van der Waals surface area contributed by atoms with E-state index in [2.05, 4.69) is 231 Å². The summed E-state index contributed by atoms with van der Waals surface area (Å²) in [6.45, 7) is 26.9. The summed E-state index contributed by atoms with van der Waals surface area (Å²) in [7, 11) is 0. The highest BCUT2D eigenvalue weighted by Crippen LogP contribution is 2.60. The monoisotopic (exact) mass is 897 g/mol. The van der Waals surface area contributed by atoms with Crippen LogP contribution < -0.4 is 20.6 Å². The van der Waals surface area contributed by atoms with Crippen LogP contribution >= 0.6 is 0 Å². The van der Waals surface area contributed by atoms with Crippen LogP contribution in [0.5, 0.6) is 0 Å². The number of anilines is 5. The van der Waals surface area contributed by atoms with E-state index in [1.54, 1.807) is 0 Å². The maximum atomic E-state index is 2.84. The molecular formula is C66H65BN2. The smallest absolute Gasteiger partial charge is 0.333 e. The Bertz CT molecular complexity index is 3510. The van der Waals surface area contributed by atoms with E-state index in [0.29, 0.717) is 0 Å². The van der Waals surface area contributed by atoms with Crippen molar-refractivity contribution in [1.29, 1.82) is 0 Å². The first kappa shape index (κ1) is 42.8. The summed E-state index contributed by atoms with van der Waals surface area (Å²) in [5, 5.41) is 2.59. The lowest BCUT2D eigenvalue weighted by Crippen LogP contribution is -2.62. The normalized spacial score (nSPS) is 18.9. The van der Waals surface area contributed by atoms with Gasteiger partial charge in [0.1, 0.15) is 0 Å². The molecule has 3 heteroatoms. The first-order chi connectivity index (χ1) is 32.9. The third-order valence-corrected chi connectivity index (χ3v) is 18.2. The van der Waals surface area contributed by atoms with Gasteiger partial charge in [-0.1, -0.05) is 184 Å². The molecule has 0 saturated heterocycles. The summed E-state index contributed by atoms with van der Waals surface area (Å²) in [5.74, 6) is 0. The molecule has 0 fully saturated rings. The molecule has 0 atom stereocenters. The van der Waals surface area contributed by atoms with Crippen LogP contribution in [0, 0.1) is 6.92 Å². The van der Waals surface area contributed by atoms with Crippen molar-refractivity contribution in [2.75, 3.05) is 9.71 Å². The maximum Gasteiger partial charge on any atom is 0.333 e. The molecule has 2 heterocycles. The molecule has 2 aliphatic heterocycles. The van der Waals surface area contributed by atoms with Gasteiger partial charge in [0.05, 0.1) is 0 Å². The van der Waals surface area contributed by atoms with Crippen molar-refractivity contribution < 1.29 is 0 Å². The van der Waals surface area contributed by atoms with Gasteiger partial charge < -0.3 is 9.71 Å². The van der Waals surface area contributed by atoms with Crippen LogP contribution in [-0.4, -0.2) is 6.85 Å². The second kappa shape index (κ2) is 14.2. The maximum absolute atomic E-state index is 2.84. The third-order valence-electron chi connectivity index (χ3n) is 18.2. The third kappa shape index (κ3) is 5.92. The van der Waals surface area contributed by atoms with Gasteiger partial charge in [-0.3, -0.25) is 0 Å². The minimum Gasteiger partial charge on any atom is -0.376 e. The molecule has 5 aliphatic rings. The Kier molecular flexibility index (Phi) is 8.77. The molecular weight excluding hydrogens is 832 g/mol. The predicted molar refractivity (Wildman–Crippen MR) is 296 cm³/mol. The Labute approximate surface area is 411 Å². The second-order valence-electron chi connectivity index (χ2n) is 24.7. The van der Waals surface area contributed by atoms with Crippen molar-refractivity contribution in [3.8, 4) is 33.4 Å². The largest absolute Gasteiger partial charge is 0.376 e. The quantitative estimate of drug-likeness (QED) is 0.163. The summed E-state index contributed by atoms with van der Waals surface area (Å²) < 4.78 is 0. The Morgan fingerprint density at radius 1 is 0.449 bits per heavy atom. The van der Waals surface area contributed by atoms with Gasteiger partial charge in [0.2, 0.25) is 0 Å². The van der Waals surface area contributed by atoms with Gasteiger partial charge in [-0.25, -0.2) is 0 Å². The van der Waals surface area contributed by atoms with Crippen LogP contribution in [0.15, 0.2) is 146 Å². The molecule has 8 aromatic rings. The number of hydrogen-bond donors (Lipinski definition) is 0. The van der Waals surface area contributed by atoms with Crippen molar-refractivity contribution in [3.63, 3.8) is 0 Å². The minimum atomic E-state index is -0.239. The van der Waals surface area contributed by atoms with Gasteiger partial charge in [0, 0.05) is 39.4 Å². The second-order valence-corrected chi connectivity index (χ2v) is 24.7. The fraction of sp³-hybridized carbons (Fsp3) is 0.303. The topological polar surface area (TPSA) is 6.48 Å². The van der Waals surface area contributed by atoms with Crippen molar-refractivity contribution >= 4 is 57.0 Å². The summed E-state index contributed by atoms with van der Waals surface area (Å²) in [5.41, 5.74) is 27.3. The van der Waals surface area contributed by atoms with E-state index < -0.39 is 0 Å². The molecule has 3 aliphatic carbocycles. The Balaban J connectivity index is 1.19. The standard InChI is InChI=1S/C66H65BN2/c1-40-35-51-53(65(8,9)34-33-63(51,4)5)39-55(40)68-56-36-42(41-19-13-12-14-20-41)25-30-54(56)67-60-57(68)37-43-21-15-16-22-45(43)58(60)48-28-27-47-46-23-17-18-24-49(46)66(10,11)59(47)61(48)69(67)44-26-29-50-52(38-44)64(6,7)32-31-62(50,2)3/h12-30,35-39H,31-34H2,1-11H3. The highest BCUT2D eigenvalue weighted by atomic mass is 15.2. The van der Waals surface area contributed by atoms with E-state index in [1.165, 1.54) is 148 Å². The molecule has 342 valence electrons.